The van der Waals surface area contributed by atoms with Crippen molar-refractivity contribution in [2.45, 2.75) is 44.8 Å². The van der Waals surface area contributed by atoms with Crippen molar-refractivity contribution in [2.24, 2.45) is 0 Å². The summed E-state index contributed by atoms with van der Waals surface area (Å²) in [4.78, 5) is 20.2. The van der Waals surface area contributed by atoms with Crippen LogP contribution in [0.15, 0.2) is 54.6 Å². The first kappa shape index (κ1) is 19.3. The van der Waals surface area contributed by atoms with Crippen LogP contribution < -0.4 is 5.32 Å². The summed E-state index contributed by atoms with van der Waals surface area (Å²) < 4.78 is 0. The zero-order chi connectivity index (χ0) is 20.4. The molecule has 0 spiro atoms. The van der Waals surface area contributed by atoms with Gasteiger partial charge in [-0.25, -0.2) is 4.98 Å². The Bertz CT molecular complexity index is 972. The van der Waals surface area contributed by atoms with Crippen LogP contribution in [0, 0.1) is 6.92 Å². The van der Waals surface area contributed by atoms with Crippen LogP contribution in [-0.2, 0) is 24.2 Å². The van der Waals surface area contributed by atoms with Gasteiger partial charge in [-0.1, -0.05) is 54.6 Å². The van der Waals surface area contributed by atoms with E-state index in [0.29, 0.717) is 25.2 Å². The van der Waals surface area contributed by atoms with Crippen molar-refractivity contribution in [3.05, 3.63) is 82.9 Å². The Hall–Kier alpha value is -2.99. The molecular formula is C23H27N5O. The van der Waals surface area contributed by atoms with Gasteiger partial charge in [0.25, 0.3) is 0 Å². The first-order valence-electron chi connectivity index (χ1n) is 10.00. The molecule has 1 aliphatic rings. The Kier molecular flexibility index (Phi) is 5.20. The molecule has 6 heteroatoms. The van der Waals surface area contributed by atoms with Crippen molar-refractivity contribution >= 4 is 5.91 Å². The van der Waals surface area contributed by atoms with E-state index >= 15 is 0 Å². The zero-order valence-electron chi connectivity index (χ0n) is 17.1. The largest absolute Gasteiger partial charge is 0.345 e. The van der Waals surface area contributed by atoms with Gasteiger partial charge in [0.2, 0.25) is 5.91 Å². The van der Waals surface area contributed by atoms with Crippen molar-refractivity contribution in [1.82, 2.24) is 25.4 Å². The monoisotopic (exact) mass is 389 g/mol. The SMILES string of the molecule is Cc1nc([C@H](C)NC(=O)C2(N(C)Cc3ccccc3)Cc3ccccc3C2)n[nH]1. The van der Waals surface area contributed by atoms with Crippen molar-refractivity contribution < 1.29 is 4.79 Å². The van der Waals surface area contributed by atoms with E-state index < -0.39 is 5.54 Å². The highest BCUT2D eigenvalue weighted by molar-refractivity contribution is 5.88. The molecule has 0 aliphatic heterocycles. The molecule has 150 valence electrons. The number of carbonyl (C=O) groups is 1. The third-order valence-electron chi connectivity index (χ3n) is 5.85. The molecule has 0 radical (unpaired) electrons. The van der Waals surface area contributed by atoms with Gasteiger partial charge in [-0.2, -0.15) is 5.10 Å². The van der Waals surface area contributed by atoms with Gasteiger partial charge in [0.1, 0.15) is 11.4 Å². The molecule has 29 heavy (non-hydrogen) atoms. The highest BCUT2D eigenvalue weighted by atomic mass is 16.2. The molecule has 3 aromatic rings. The topological polar surface area (TPSA) is 73.9 Å². The number of H-pyrrole nitrogens is 1. The fourth-order valence-corrected chi connectivity index (χ4v) is 4.16. The van der Waals surface area contributed by atoms with Crippen LogP contribution in [0.5, 0.6) is 0 Å². The molecule has 1 atom stereocenters. The number of aryl methyl sites for hydroxylation is 1. The Morgan fingerprint density at radius 2 is 1.76 bits per heavy atom. The highest BCUT2D eigenvalue weighted by Gasteiger charge is 2.47. The summed E-state index contributed by atoms with van der Waals surface area (Å²) in [5.74, 6) is 1.36. The van der Waals surface area contributed by atoms with E-state index in [4.69, 9.17) is 0 Å². The van der Waals surface area contributed by atoms with Crippen LogP contribution >= 0.6 is 0 Å². The number of carbonyl (C=O) groups excluding carboxylic acids is 1. The van der Waals surface area contributed by atoms with Crippen LogP contribution in [-0.4, -0.2) is 38.6 Å². The minimum absolute atomic E-state index is 0.0158. The molecule has 2 N–H and O–H groups in total. The van der Waals surface area contributed by atoms with Gasteiger partial charge >= 0.3 is 0 Å². The first-order chi connectivity index (χ1) is 14.0. The number of likely N-dealkylation sites (N-methyl/N-ethyl adjacent to an activating group) is 1. The van der Waals surface area contributed by atoms with Crippen LogP contribution in [0.1, 0.15) is 41.3 Å². The lowest BCUT2D eigenvalue weighted by atomic mass is 9.91. The maximum absolute atomic E-state index is 13.6. The van der Waals surface area contributed by atoms with Gasteiger partial charge in [-0.15, -0.1) is 0 Å². The molecule has 0 saturated carbocycles. The maximum Gasteiger partial charge on any atom is 0.241 e. The van der Waals surface area contributed by atoms with E-state index in [1.165, 1.54) is 16.7 Å². The van der Waals surface area contributed by atoms with E-state index in [-0.39, 0.29) is 11.9 Å². The molecule has 4 rings (SSSR count). The van der Waals surface area contributed by atoms with Crippen molar-refractivity contribution in [3.63, 3.8) is 0 Å². The summed E-state index contributed by atoms with van der Waals surface area (Å²) in [5, 5.41) is 10.2. The number of aromatic nitrogens is 3. The number of rotatable bonds is 6. The summed E-state index contributed by atoms with van der Waals surface area (Å²) in [6, 6.07) is 18.4. The normalized spacial score (nSPS) is 15.9. The molecule has 1 amide bonds. The second-order valence-electron chi connectivity index (χ2n) is 7.97. The minimum Gasteiger partial charge on any atom is -0.345 e. The smallest absolute Gasteiger partial charge is 0.241 e. The Labute approximate surface area is 171 Å². The molecule has 6 nitrogen and oxygen atoms in total. The van der Waals surface area contributed by atoms with Crippen LogP contribution in [0.2, 0.25) is 0 Å². The molecule has 0 fully saturated rings. The Morgan fingerprint density at radius 3 is 2.34 bits per heavy atom. The van der Waals surface area contributed by atoms with Gasteiger partial charge in [-0.05, 0) is 37.6 Å². The second kappa shape index (κ2) is 7.79. The van der Waals surface area contributed by atoms with Crippen molar-refractivity contribution in [3.8, 4) is 0 Å². The fraction of sp³-hybridized carbons (Fsp3) is 0.348. The highest BCUT2D eigenvalue weighted by Crippen LogP contribution is 2.35. The van der Waals surface area contributed by atoms with Crippen molar-refractivity contribution in [2.75, 3.05) is 7.05 Å². The van der Waals surface area contributed by atoms with Gasteiger partial charge in [-0.3, -0.25) is 14.8 Å². The van der Waals surface area contributed by atoms with E-state index in [9.17, 15) is 4.79 Å². The van der Waals surface area contributed by atoms with Gasteiger partial charge in [0.15, 0.2) is 5.82 Å². The summed E-state index contributed by atoms with van der Waals surface area (Å²) in [6.45, 7) is 4.48. The van der Waals surface area contributed by atoms with Crippen LogP contribution in [0.3, 0.4) is 0 Å². The van der Waals surface area contributed by atoms with Gasteiger partial charge in [0, 0.05) is 19.4 Å². The molecule has 1 aliphatic carbocycles. The number of hydrogen-bond donors (Lipinski definition) is 2. The molecular weight excluding hydrogens is 362 g/mol. The van der Waals surface area contributed by atoms with Crippen LogP contribution in [0.25, 0.3) is 0 Å². The number of nitrogens with zero attached hydrogens (tertiary/aromatic N) is 3. The van der Waals surface area contributed by atoms with E-state index in [1.54, 1.807) is 0 Å². The second-order valence-corrected chi connectivity index (χ2v) is 7.97. The minimum atomic E-state index is -0.640. The lowest BCUT2D eigenvalue weighted by molar-refractivity contribution is -0.133. The third-order valence-corrected chi connectivity index (χ3v) is 5.85. The zero-order valence-corrected chi connectivity index (χ0v) is 17.1. The number of amides is 1. The lowest BCUT2D eigenvalue weighted by Gasteiger charge is -2.38. The van der Waals surface area contributed by atoms with E-state index in [1.807, 2.05) is 51.2 Å². The molecule has 0 unspecified atom stereocenters. The molecule has 1 aromatic heterocycles. The predicted molar refractivity (Wildman–Crippen MR) is 112 cm³/mol. The summed E-state index contributed by atoms with van der Waals surface area (Å²) >= 11 is 0. The summed E-state index contributed by atoms with van der Waals surface area (Å²) in [6.07, 6.45) is 1.39. The van der Waals surface area contributed by atoms with Crippen LogP contribution in [0.4, 0.5) is 0 Å². The molecule has 0 bridgehead atoms. The molecule has 2 aromatic carbocycles. The maximum atomic E-state index is 13.6. The molecule has 1 heterocycles. The quantitative estimate of drug-likeness (QED) is 0.680. The van der Waals surface area contributed by atoms with E-state index in [0.717, 1.165) is 5.82 Å². The number of aromatic amines is 1. The van der Waals surface area contributed by atoms with E-state index in [2.05, 4.69) is 49.7 Å². The first-order valence-corrected chi connectivity index (χ1v) is 10.00. The van der Waals surface area contributed by atoms with Gasteiger partial charge < -0.3 is 5.32 Å². The average Bonchev–Trinajstić information content (AvgIpc) is 3.33. The standard InChI is InChI=1S/C23H27N5O/c1-16(21-25-17(2)26-27-21)24-22(29)23(13-19-11-7-8-12-20(19)14-23)28(3)15-18-9-5-4-6-10-18/h4-12,16H,13-15H2,1-3H3,(H,24,29)(H,25,26,27)/t16-/m0/s1. The summed E-state index contributed by atoms with van der Waals surface area (Å²) in [5.41, 5.74) is 3.03. The number of nitrogens with one attached hydrogen (secondary N) is 2. The number of fused-ring (bicyclic) bond motifs is 1. The van der Waals surface area contributed by atoms with Gasteiger partial charge in [0.05, 0.1) is 6.04 Å². The third kappa shape index (κ3) is 3.80. The average molecular weight is 390 g/mol. The number of benzene rings is 2. The fourth-order valence-electron chi connectivity index (χ4n) is 4.16. The van der Waals surface area contributed by atoms with Crippen molar-refractivity contribution in [1.29, 1.82) is 0 Å². The Balaban J connectivity index is 1.61. The summed E-state index contributed by atoms with van der Waals surface area (Å²) in [7, 11) is 2.04. The number of hydrogen-bond acceptors (Lipinski definition) is 4. The lowest BCUT2D eigenvalue weighted by Crippen LogP contribution is -2.58. The Morgan fingerprint density at radius 1 is 1.14 bits per heavy atom. The predicted octanol–water partition coefficient (Wildman–Crippen LogP) is 2.96. The molecule has 0 saturated heterocycles.